The molecule has 0 bridgehead atoms. The number of hydrogen-bond donors (Lipinski definition) is 2. The average Bonchev–Trinajstić information content (AvgIpc) is 2.99. The number of thiophene rings is 1. The van der Waals surface area contributed by atoms with Crippen molar-refractivity contribution in [2.24, 2.45) is 0 Å². The monoisotopic (exact) mass is 343 g/mol. The Kier molecular flexibility index (Phi) is 4.72. The van der Waals surface area contributed by atoms with Gasteiger partial charge in [-0.15, -0.1) is 0 Å². The van der Waals surface area contributed by atoms with Gasteiger partial charge in [-0.05, 0) is 34.5 Å². The summed E-state index contributed by atoms with van der Waals surface area (Å²) in [7, 11) is 0. The van der Waals surface area contributed by atoms with Crippen LogP contribution in [0.4, 0.5) is 0 Å². The molecule has 2 atom stereocenters. The molecule has 3 rings (SSSR count). The molecule has 0 spiro atoms. The smallest absolute Gasteiger partial charge is 0.142 e. The molecule has 0 amide bonds. The summed E-state index contributed by atoms with van der Waals surface area (Å²) in [5, 5.41) is 18.6. The Hall–Kier alpha value is -0.780. The van der Waals surface area contributed by atoms with E-state index in [9.17, 15) is 5.11 Å². The highest BCUT2D eigenvalue weighted by Crippen LogP contribution is 2.40. The van der Waals surface area contributed by atoms with Crippen molar-refractivity contribution in [3.8, 4) is 5.75 Å². The van der Waals surface area contributed by atoms with E-state index in [-0.39, 0.29) is 6.04 Å². The van der Waals surface area contributed by atoms with Crippen molar-refractivity contribution in [2.45, 2.75) is 18.6 Å². The van der Waals surface area contributed by atoms with E-state index in [1.165, 1.54) is 0 Å². The molecule has 2 heterocycles. The lowest BCUT2D eigenvalue weighted by Gasteiger charge is -2.28. The van der Waals surface area contributed by atoms with Crippen molar-refractivity contribution in [3.63, 3.8) is 0 Å². The molecule has 2 unspecified atom stereocenters. The number of fused-ring (bicyclic) bond motifs is 1. The van der Waals surface area contributed by atoms with Crippen molar-refractivity contribution in [2.75, 3.05) is 13.2 Å². The molecular formula is C15H15Cl2NO2S. The van der Waals surface area contributed by atoms with E-state index in [1.54, 1.807) is 17.4 Å². The first-order valence-corrected chi connectivity index (χ1v) is 8.40. The fourth-order valence-corrected chi connectivity index (χ4v) is 3.74. The maximum atomic E-state index is 10.2. The molecule has 2 N–H and O–H groups in total. The van der Waals surface area contributed by atoms with Crippen LogP contribution in [-0.2, 0) is 0 Å². The molecule has 1 aromatic carbocycles. The lowest BCUT2D eigenvalue weighted by Crippen LogP contribution is -2.30. The third-order valence-electron chi connectivity index (χ3n) is 3.55. The molecule has 0 fully saturated rings. The molecule has 6 heteroatoms. The lowest BCUT2D eigenvalue weighted by atomic mass is 10.00. The van der Waals surface area contributed by atoms with Gasteiger partial charge >= 0.3 is 0 Å². The van der Waals surface area contributed by atoms with Gasteiger partial charge in [-0.1, -0.05) is 23.2 Å². The number of aliphatic hydroxyl groups is 1. The Morgan fingerprint density at radius 3 is 3.05 bits per heavy atom. The summed E-state index contributed by atoms with van der Waals surface area (Å²) < 4.78 is 5.63. The van der Waals surface area contributed by atoms with Gasteiger partial charge in [0.15, 0.2) is 0 Å². The molecule has 0 aliphatic carbocycles. The summed E-state index contributed by atoms with van der Waals surface area (Å²) in [5.41, 5.74) is 1.89. The maximum absolute atomic E-state index is 10.2. The Morgan fingerprint density at radius 2 is 2.29 bits per heavy atom. The summed E-state index contributed by atoms with van der Waals surface area (Å²) >= 11 is 13.8. The first-order valence-electron chi connectivity index (χ1n) is 6.70. The van der Waals surface area contributed by atoms with Gasteiger partial charge in [-0.25, -0.2) is 0 Å². The normalized spacial score (nSPS) is 18.9. The molecule has 112 valence electrons. The second kappa shape index (κ2) is 6.55. The van der Waals surface area contributed by atoms with E-state index in [0.29, 0.717) is 28.9 Å². The van der Waals surface area contributed by atoms with E-state index in [4.69, 9.17) is 27.9 Å². The molecule has 21 heavy (non-hydrogen) atoms. The van der Waals surface area contributed by atoms with Crippen LogP contribution in [0.3, 0.4) is 0 Å². The highest BCUT2D eigenvalue weighted by molar-refractivity contribution is 7.07. The second-order valence-corrected chi connectivity index (χ2v) is 6.60. The topological polar surface area (TPSA) is 41.5 Å². The standard InChI is InChI=1S/C15H15Cl2NO2S/c16-10-5-11-13(1-3-20-15(11)12(17)6-10)18-7-14(19)9-2-4-21-8-9/h2,4-6,8,13-14,18-19H,1,3,7H2. The van der Waals surface area contributed by atoms with Crippen LogP contribution in [0.1, 0.15) is 29.7 Å². The Morgan fingerprint density at radius 1 is 1.43 bits per heavy atom. The minimum Gasteiger partial charge on any atom is -0.492 e. The Balaban J connectivity index is 1.73. The molecule has 1 aromatic heterocycles. The minimum absolute atomic E-state index is 0.0817. The zero-order valence-corrected chi connectivity index (χ0v) is 13.5. The molecule has 0 saturated carbocycles. The van der Waals surface area contributed by atoms with Crippen LogP contribution in [0.25, 0.3) is 0 Å². The molecule has 1 aliphatic heterocycles. The van der Waals surface area contributed by atoms with Crippen LogP contribution < -0.4 is 10.1 Å². The van der Waals surface area contributed by atoms with Gasteiger partial charge in [0, 0.05) is 29.6 Å². The lowest BCUT2D eigenvalue weighted by molar-refractivity contribution is 0.163. The Bertz CT molecular complexity index is 618. The van der Waals surface area contributed by atoms with Gasteiger partial charge in [0.2, 0.25) is 0 Å². The van der Waals surface area contributed by atoms with Gasteiger partial charge in [0.1, 0.15) is 5.75 Å². The van der Waals surface area contributed by atoms with Gasteiger partial charge in [-0.2, -0.15) is 11.3 Å². The van der Waals surface area contributed by atoms with Gasteiger partial charge < -0.3 is 15.2 Å². The highest BCUT2D eigenvalue weighted by Gasteiger charge is 2.24. The van der Waals surface area contributed by atoms with E-state index in [1.807, 2.05) is 22.9 Å². The van der Waals surface area contributed by atoms with Crippen molar-refractivity contribution >= 4 is 34.5 Å². The van der Waals surface area contributed by atoms with Crippen LogP contribution in [0, 0.1) is 0 Å². The summed E-state index contributed by atoms with van der Waals surface area (Å²) in [6, 6.07) is 5.57. The third-order valence-corrected chi connectivity index (χ3v) is 4.75. The third kappa shape index (κ3) is 3.35. The number of hydrogen-bond acceptors (Lipinski definition) is 4. The number of nitrogens with one attached hydrogen (secondary N) is 1. The van der Waals surface area contributed by atoms with Crippen molar-refractivity contribution in [3.05, 3.63) is 50.1 Å². The van der Waals surface area contributed by atoms with Gasteiger partial charge in [0.05, 0.1) is 17.7 Å². The quantitative estimate of drug-likeness (QED) is 0.873. The number of ether oxygens (including phenoxy) is 1. The van der Waals surface area contributed by atoms with Gasteiger partial charge in [-0.3, -0.25) is 0 Å². The average molecular weight is 344 g/mol. The van der Waals surface area contributed by atoms with Crippen molar-refractivity contribution < 1.29 is 9.84 Å². The molecule has 1 aliphatic rings. The second-order valence-electron chi connectivity index (χ2n) is 4.98. The molecule has 0 radical (unpaired) electrons. The number of rotatable bonds is 4. The number of halogens is 2. The van der Waals surface area contributed by atoms with E-state index in [2.05, 4.69) is 5.32 Å². The van der Waals surface area contributed by atoms with Crippen LogP contribution in [0.15, 0.2) is 29.0 Å². The summed E-state index contributed by atoms with van der Waals surface area (Å²) in [4.78, 5) is 0. The fraction of sp³-hybridized carbons (Fsp3) is 0.333. The highest BCUT2D eigenvalue weighted by atomic mass is 35.5. The summed E-state index contributed by atoms with van der Waals surface area (Å²) in [5.74, 6) is 0.690. The van der Waals surface area contributed by atoms with Crippen molar-refractivity contribution in [1.29, 1.82) is 0 Å². The number of aliphatic hydroxyl groups excluding tert-OH is 1. The first-order chi connectivity index (χ1) is 10.1. The zero-order valence-electron chi connectivity index (χ0n) is 11.2. The molecule has 2 aromatic rings. The van der Waals surface area contributed by atoms with Gasteiger partial charge in [0.25, 0.3) is 0 Å². The van der Waals surface area contributed by atoms with E-state index in [0.717, 1.165) is 17.5 Å². The van der Waals surface area contributed by atoms with Crippen LogP contribution in [0.5, 0.6) is 5.75 Å². The molecule has 0 saturated heterocycles. The first kappa shape index (κ1) is 15.1. The summed E-state index contributed by atoms with van der Waals surface area (Å²) in [6.45, 7) is 1.07. The molecule has 3 nitrogen and oxygen atoms in total. The maximum Gasteiger partial charge on any atom is 0.142 e. The Labute approximate surface area is 137 Å². The fourth-order valence-electron chi connectivity index (χ4n) is 2.47. The van der Waals surface area contributed by atoms with Crippen LogP contribution >= 0.6 is 34.5 Å². The number of benzene rings is 1. The predicted molar refractivity (Wildman–Crippen MR) is 86.6 cm³/mol. The van der Waals surface area contributed by atoms with Crippen LogP contribution in [-0.4, -0.2) is 18.3 Å². The van der Waals surface area contributed by atoms with Crippen LogP contribution in [0.2, 0.25) is 10.0 Å². The largest absolute Gasteiger partial charge is 0.492 e. The minimum atomic E-state index is -0.516. The SMILES string of the molecule is OC(CNC1CCOc2c(Cl)cc(Cl)cc21)c1ccsc1. The van der Waals surface area contributed by atoms with E-state index < -0.39 is 6.10 Å². The predicted octanol–water partition coefficient (Wildman–Crippen LogP) is 4.20. The van der Waals surface area contributed by atoms with E-state index >= 15 is 0 Å². The summed E-state index contributed by atoms with van der Waals surface area (Å²) in [6.07, 6.45) is 0.303. The molecular weight excluding hydrogens is 329 g/mol. The zero-order chi connectivity index (χ0) is 14.8. The van der Waals surface area contributed by atoms with Crippen molar-refractivity contribution in [1.82, 2.24) is 5.32 Å².